The number of hydrogen-bond donors (Lipinski definition) is 3. The molecule has 1 aliphatic heterocycles. The van der Waals surface area contributed by atoms with Crippen molar-refractivity contribution in [3.8, 4) is 0 Å². The van der Waals surface area contributed by atoms with Gasteiger partial charge in [-0.2, -0.15) is 17.9 Å². The number of amides is 1. The third kappa shape index (κ3) is 3.90. The van der Waals surface area contributed by atoms with Crippen molar-refractivity contribution in [3.05, 3.63) is 45.6 Å². The maximum Gasteiger partial charge on any atom is 0.278 e. The number of carbonyl (C=O) groups excluding carboxylic acids is 1. The van der Waals surface area contributed by atoms with Gasteiger partial charge in [0.2, 0.25) is 5.91 Å². The van der Waals surface area contributed by atoms with Gasteiger partial charge >= 0.3 is 0 Å². The fraction of sp³-hybridized carbons (Fsp3) is 0.231. The fourth-order valence-electron chi connectivity index (χ4n) is 2.26. The maximum atomic E-state index is 13.2. The third-order valence-corrected chi connectivity index (χ3v) is 5.69. The molecule has 1 aliphatic rings. The number of thiazole rings is 1. The van der Waals surface area contributed by atoms with E-state index < -0.39 is 34.0 Å². The van der Waals surface area contributed by atoms with E-state index >= 15 is 0 Å². The standard InChI is InChI=1S/C13H12ClFN4O3S2/c14-8-5-7(1-2-9(8)15)17-12(20)10-6-11(13-16-3-4-23-13)19-24(21,22)18-10/h1-5,10-11,18-19H,6H2,(H,17,20)/t10-,11+/m0/s1. The minimum absolute atomic E-state index is 0.139. The van der Waals surface area contributed by atoms with Gasteiger partial charge in [-0.15, -0.1) is 11.3 Å². The number of halogens is 2. The Bertz CT molecular complexity index is 860. The molecule has 7 nitrogen and oxygen atoms in total. The average molecular weight is 391 g/mol. The molecule has 3 rings (SSSR count). The van der Waals surface area contributed by atoms with Crippen LogP contribution in [0.4, 0.5) is 10.1 Å². The number of rotatable bonds is 3. The molecule has 24 heavy (non-hydrogen) atoms. The molecule has 0 bridgehead atoms. The molecule has 0 spiro atoms. The number of carbonyl (C=O) groups is 1. The van der Waals surface area contributed by atoms with Crippen LogP contribution in [-0.2, 0) is 15.0 Å². The summed E-state index contributed by atoms with van der Waals surface area (Å²) in [5.41, 5.74) is 0.273. The van der Waals surface area contributed by atoms with Crippen molar-refractivity contribution in [1.29, 1.82) is 0 Å². The number of hydrogen-bond acceptors (Lipinski definition) is 5. The van der Waals surface area contributed by atoms with Crippen LogP contribution >= 0.6 is 22.9 Å². The van der Waals surface area contributed by atoms with Gasteiger partial charge in [0.05, 0.1) is 11.1 Å². The Hall–Kier alpha value is -1.59. The highest BCUT2D eigenvalue weighted by Crippen LogP contribution is 2.26. The van der Waals surface area contributed by atoms with Crippen molar-refractivity contribution in [2.75, 3.05) is 5.32 Å². The van der Waals surface area contributed by atoms with Gasteiger partial charge in [0.25, 0.3) is 10.2 Å². The molecule has 11 heteroatoms. The van der Waals surface area contributed by atoms with Crippen LogP contribution in [0.25, 0.3) is 0 Å². The SMILES string of the molecule is O=C(Nc1ccc(F)c(Cl)c1)[C@@H]1C[C@H](c2nccs2)NS(=O)(=O)N1. The molecule has 0 unspecified atom stereocenters. The Balaban J connectivity index is 1.77. The largest absolute Gasteiger partial charge is 0.325 e. The smallest absolute Gasteiger partial charge is 0.278 e. The molecular formula is C13H12ClFN4O3S2. The van der Waals surface area contributed by atoms with Crippen LogP contribution < -0.4 is 14.8 Å². The summed E-state index contributed by atoms with van der Waals surface area (Å²) in [4.78, 5) is 16.4. The minimum atomic E-state index is -3.84. The Morgan fingerprint density at radius 2 is 2.21 bits per heavy atom. The van der Waals surface area contributed by atoms with Crippen LogP contribution in [0.5, 0.6) is 0 Å². The topological polar surface area (TPSA) is 100 Å². The summed E-state index contributed by atoms with van der Waals surface area (Å²) in [6, 6.07) is 2.12. The molecule has 3 N–H and O–H groups in total. The lowest BCUT2D eigenvalue weighted by atomic mass is 10.1. The molecule has 1 fully saturated rings. The molecule has 0 radical (unpaired) electrons. The zero-order valence-corrected chi connectivity index (χ0v) is 14.4. The van der Waals surface area contributed by atoms with Gasteiger partial charge in [0, 0.05) is 17.3 Å². The van der Waals surface area contributed by atoms with E-state index in [1.54, 1.807) is 11.6 Å². The summed E-state index contributed by atoms with van der Waals surface area (Å²) >= 11 is 6.96. The molecule has 2 aromatic rings. The molecule has 2 atom stereocenters. The van der Waals surface area contributed by atoms with Gasteiger partial charge in [-0.1, -0.05) is 11.6 Å². The highest BCUT2D eigenvalue weighted by atomic mass is 35.5. The Labute approximate surface area is 146 Å². The van der Waals surface area contributed by atoms with E-state index in [9.17, 15) is 17.6 Å². The first-order valence-corrected chi connectivity index (χ1v) is 9.53. The van der Waals surface area contributed by atoms with E-state index in [1.165, 1.54) is 23.5 Å². The zero-order valence-electron chi connectivity index (χ0n) is 12.0. The van der Waals surface area contributed by atoms with E-state index in [4.69, 9.17) is 11.6 Å². The Morgan fingerprint density at radius 1 is 1.42 bits per heavy atom. The van der Waals surface area contributed by atoms with E-state index in [0.29, 0.717) is 5.01 Å². The number of aromatic nitrogens is 1. The van der Waals surface area contributed by atoms with Crippen LogP contribution in [0.3, 0.4) is 0 Å². The van der Waals surface area contributed by atoms with Crippen LogP contribution in [0, 0.1) is 5.82 Å². The lowest BCUT2D eigenvalue weighted by molar-refractivity contribution is -0.118. The van der Waals surface area contributed by atoms with Crippen molar-refractivity contribution in [2.24, 2.45) is 0 Å². The Morgan fingerprint density at radius 3 is 2.88 bits per heavy atom. The normalized spacial score (nSPS) is 22.9. The first kappa shape index (κ1) is 17.2. The van der Waals surface area contributed by atoms with Crippen molar-refractivity contribution in [3.63, 3.8) is 0 Å². The summed E-state index contributed by atoms with van der Waals surface area (Å²) in [5, 5.41) is 4.68. The molecule has 1 aromatic carbocycles. The second-order valence-corrected chi connectivity index (χ2v) is 7.88. The lowest BCUT2D eigenvalue weighted by Crippen LogP contribution is -2.55. The molecular weight excluding hydrogens is 379 g/mol. The predicted molar refractivity (Wildman–Crippen MR) is 88.5 cm³/mol. The predicted octanol–water partition coefficient (Wildman–Crippen LogP) is 1.81. The van der Waals surface area contributed by atoms with Crippen LogP contribution in [0.15, 0.2) is 29.8 Å². The molecule has 0 saturated carbocycles. The third-order valence-electron chi connectivity index (χ3n) is 3.32. The van der Waals surface area contributed by atoms with Gasteiger partial charge in [0.15, 0.2) is 0 Å². The van der Waals surface area contributed by atoms with Crippen LogP contribution in [0.2, 0.25) is 5.02 Å². The summed E-state index contributed by atoms with van der Waals surface area (Å²) < 4.78 is 41.7. The van der Waals surface area contributed by atoms with Crippen molar-refractivity contribution in [2.45, 2.75) is 18.5 Å². The average Bonchev–Trinajstić information content (AvgIpc) is 3.04. The quantitative estimate of drug-likeness (QED) is 0.744. The van der Waals surface area contributed by atoms with E-state index in [0.717, 1.165) is 6.07 Å². The van der Waals surface area contributed by atoms with Gasteiger partial charge in [-0.25, -0.2) is 9.37 Å². The van der Waals surface area contributed by atoms with Crippen molar-refractivity contribution >= 4 is 44.7 Å². The highest BCUT2D eigenvalue weighted by molar-refractivity contribution is 7.87. The van der Waals surface area contributed by atoms with Crippen LogP contribution in [0.1, 0.15) is 17.5 Å². The number of nitrogens with zero attached hydrogens (tertiary/aromatic N) is 1. The minimum Gasteiger partial charge on any atom is -0.325 e. The molecule has 1 amide bonds. The van der Waals surface area contributed by atoms with Gasteiger partial charge < -0.3 is 5.32 Å². The maximum absolute atomic E-state index is 13.2. The van der Waals surface area contributed by atoms with Crippen molar-refractivity contribution in [1.82, 2.24) is 14.4 Å². The summed E-state index contributed by atoms with van der Waals surface area (Å²) in [6.07, 6.45) is 1.75. The summed E-state index contributed by atoms with van der Waals surface area (Å²) in [5.74, 6) is -1.18. The van der Waals surface area contributed by atoms with Gasteiger partial charge in [0.1, 0.15) is 16.9 Å². The molecule has 2 heterocycles. The Kier molecular flexibility index (Phi) is 4.83. The fourth-order valence-corrected chi connectivity index (χ4v) is 4.45. The summed E-state index contributed by atoms with van der Waals surface area (Å²) in [7, 11) is -3.84. The molecule has 0 aliphatic carbocycles. The second-order valence-electron chi connectivity index (χ2n) is 5.07. The zero-order chi connectivity index (χ0) is 17.3. The second kappa shape index (κ2) is 6.73. The van der Waals surface area contributed by atoms with E-state index in [-0.39, 0.29) is 17.1 Å². The summed E-state index contributed by atoms with van der Waals surface area (Å²) in [6.45, 7) is 0. The van der Waals surface area contributed by atoms with Gasteiger partial charge in [-0.05, 0) is 24.6 Å². The monoisotopic (exact) mass is 390 g/mol. The molecule has 1 saturated heterocycles. The first-order valence-electron chi connectivity index (χ1n) is 6.79. The van der Waals surface area contributed by atoms with E-state index in [1.807, 2.05) is 0 Å². The van der Waals surface area contributed by atoms with Gasteiger partial charge in [-0.3, -0.25) is 4.79 Å². The molecule has 128 valence electrons. The first-order chi connectivity index (χ1) is 11.3. The molecule has 1 aromatic heterocycles. The number of benzene rings is 1. The number of nitrogens with one attached hydrogen (secondary N) is 3. The van der Waals surface area contributed by atoms with Crippen molar-refractivity contribution < 1.29 is 17.6 Å². The van der Waals surface area contributed by atoms with E-state index in [2.05, 4.69) is 19.7 Å². The lowest BCUT2D eigenvalue weighted by Gasteiger charge is -2.29. The van der Waals surface area contributed by atoms with Crippen LogP contribution in [-0.4, -0.2) is 25.4 Å². The highest BCUT2D eigenvalue weighted by Gasteiger charge is 2.36. The number of anilines is 1.